The Labute approximate surface area is 225 Å². The molecule has 0 aliphatic carbocycles. The maximum Gasteiger partial charge on any atom is 0.408 e. The van der Waals surface area contributed by atoms with Crippen LogP contribution < -0.4 is 27.0 Å². The molecular formula is C24H35N5O8S. The van der Waals surface area contributed by atoms with E-state index >= 15 is 0 Å². The van der Waals surface area contributed by atoms with Gasteiger partial charge >= 0.3 is 12.1 Å². The fourth-order valence-corrected chi connectivity index (χ4v) is 3.82. The Morgan fingerprint density at radius 1 is 0.947 bits per heavy atom. The highest BCUT2D eigenvalue weighted by molar-refractivity contribution is 8.13. The van der Waals surface area contributed by atoms with Gasteiger partial charge in [0.05, 0.1) is 19.1 Å². The van der Waals surface area contributed by atoms with Crippen LogP contribution in [0.5, 0.6) is 0 Å². The summed E-state index contributed by atoms with van der Waals surface area (Å²) in [4.78, 5) is 72.0. The van der Waals surface area contributed by atoms with Crippen LogP contribution in [0, 0.1) is 5.92 Å². The Morgan fingerprint density at radius 3 is 2.16 bits per heavy atom. The fourth-order valence-electron chi connectivity index (χ4n) is 2.96. The number of carboxylic acid groups (broad SMARTS) is 1. The summed E-state index contributed by atoms with van der Waals surface area (Å²) < 4.78 is 5.05. The van der Waals surface area contributed by atoms with Crippen molar-refractivity contribution in [2.45, 2.75) is 51.9 Å². The van der Waals surface area contributed by atoms with Crippen LogP contribution in [0.2, 0.25) is 0 Å². The number of alkyl carbamates (subject to hydrolysis) is 1. The maximum atomic E-state index is 12.4. The highest BCUT2D eigenvalue weighted by atomic mass is 32.2. The fraction of sp³-hybridized carbons (Fsp3) is 0.500. The Balaban J connectivity index is 2.50. The minimum atomic E-state index is -1.44. The molecule has 0 unspecified atom stereocenters. The number of ether oxygens (including phenoxy) is 1. The highest BCUT2D eigenvalue weighted by Gasteiger charge is 2.26. The molecule has 1 rings (SSSR count). The molecule has 0 aliphatic rings. The van der Waals surface area contributed by atoms with Crippen LogP contribution in [0.4, 0.5) is 4.79 Å². The summed E-state index contributed by atoms with van der Waals surface area (Å²) in [5.74, 6) is -3.60. The quantitative estimate of drug-likeness (QED) is 0.168. The molecular weight excluding hydrogens is 518 g/mol. The van der Waals surface area contributed by atoms with Gasteiger partial charge in [0, 0.05) is 5.75 Å². The van der Waals surface area contributed by atoms with Gasteiger partial charge in [-0.25, -0.2) is 9.59 Å². The molecule has 210 valence electrons. The van der Waals surface area contributed by atoms with E-state index in [0.29, 0.717) is 18.2 Å². The van der Waals surface area contributed by atoms with Crippen LogP contribution in [0.15, 0.2) is 30.3 Å². The van der Waals surface area contributed by atoms with Crippen LogP contribution in [0.1, 0.15) is 32.8 Å². The molecule has 3 atom stereocenters. The van der Waals surface area contributed by atoms with Crippen molar-refractivity contribution in [3.05, 3.63) is 35.9 Å². The number of carbonyl (C=O) groups excluding carboxylic acids is 5. The second-order valence-electron chi connectivity index (χ2n) is 8.69. The van der Waals surface area contributed by atoms with E-state index in [9.17, 15) is 33.9 Å². The van der Waals surface area contributed by atoms with Crippen molar-refractivity contribution < 1.29 is 38.6 Å². The van der Waals surface area contributed by atoms with E-state index in [4.69, 9.17) is 10.5 Å². The molecule has 0 aromatic heterocycles. The number of thioether (sulfide) groups is 1. The van der Waals surface area contributed by atoms with Gasteiger partial charge in [0.15, 0.2) is 0 Å². The van der Waals surface area contributed by atoms with Crippen molar-refractivity contribution in [2.75, 3.05) is 18.8 Å². The number of benzene rings is 1. The van der Waals surface area contributed by atoms with Crippen molar-refractivity contribution in [1.29, 1.82) is 0 Å². The molecule has 14 heteroatoms. The van der Waals surface area contributed by atoms with Crippen molar-refractivity contribution in [3.8, 4) is 0 Å². The third-order valence-corrected chi connectivity index (χ3v) is 6.03. The van der Waals surface area contributed by atoms with Gasteiger partial charge in [-0.15, -0.1) is 0 Å². The summed E-state index contributed by atoms with van der Waals surface area (Å²) >= 11 is 0.613. The molecule has 0 saturated carbocycles. The molecule has 13 nitrogen and oxygen atoms in total. The number of carboxylic acids is 1. The Bertz CT molecular complexity index is 976. The predicted molar refractivity (Wildman–Crippen MR) is 140 cm³/mol. The number of hydrogen-bond acceptors (Lipinski definition) is 9. The summed E-state index contributed by atoms with van der Waals surface area (Å²) in [6, 6.07) is 5.62. The van der Waals surface area contributed by atoms with Crippen LogP contribution >= 0.6 is 11.8 Å². The first-order valence-corrected chi connectivity index (χ1v) is 12.8. The van der Waals surface area contributed by atoms with Gasteiger partial charge < -0.3 is 36.8 Å². The van der Waals surface area contributed by atoms with E-state index < -0.39 is 59.6 Å². The third-order valence-electron chi connectivity index (χ3n) is 4.89. The number of carbonyl (C=O) groups is 6. The topological polar surface area (TPSA) is 206 Å². The summed E-state index contributed by atoms with van der Waals surface area (Å²) in [5.41, 5.74) is 6.03. The van der Waals surface area contributed by atoms with Gasteiger partial charge in [-0.2, -0.15) is 0 Å². The monoisotopic (exact) mass is 553 g/mol. The van der Waals surface area contributed by atoms with Gasteiger partial charge in [0.1, 0.15) is 18.7 Å². The predicted octanol–water partition coefficient (Wildman–Crippen LogP) is -0.264. The molecule has 0 radical (unpaired) electrons. The summed E-state index contributed by atoms with van der Waals surface area (Å²) in [5, 5.41) is 18.3. The lowest BCUT2D eigenvalue weighted by Crippen LogP contribution is -2.52. The zero-order chi connectivity index (χ0) is 28.7. The van der Waals surface area contributed by atoms with E-state index in [-0.39, 0.29) is 24.8 Å². The second-order valence-corrected chi connectivity index (χ2v) is 9.71. The van der Waals surface area contributed by atoms with E-state index in [1.165, 1.54) is 6.92 Å². The van der Waals surface area contributed by atoms with Crippen molar-refractivity contribution in [1.82, 2.24) is 21.3 Å². The lowest BCUT2D eigenvalue weighted by Gasteiger charge is -2.20. The first-order valence-electron chi connectivity index (χ1n) is 11.9. The van der Waals surface area contributed by atoms with Gasteiger partial charge in [-0.3, -0.25) is 19.2 Å². The van der Waals surface area contributed by atoms with E-state index in [2.05, 4.69) is 21.3 Å². The first kappa shape index (κ1) is 32.4. The number of hydrogen-bond donors (Lipinski definition) is 6. The Hall–Kier alpha value is -3.65. The standard InChI is InChI=1S/C24H35N5O8S/c1-14(2)9-17(28-19(30)10-25)21(32)26-11-20(31)29-18(22(33)34)13-38-23(35)15(3)27-24(36)37-12-16-7-5-4-6-8-16/h4-8,14-15,17-18H,9-13,25H2,1-3H3,(H,26,32)(H,27,36)(H,28,30)(H,29,31)(H,33,34)/t15-,17-,18-/m0/s1. The molecule has 0 spiro atoms. The molecule has 0 fully saturated rings. The number of aliphatic carboxylic acids is 1. The van der Waals surface area contributed by atoms with Crippen LogP contribution in [-0.2, 0) is 35.3 Å². The van der Waals surface area contributed by atoms with E-state index in [1.807, 2.05) is 19.9 Å². The average Bonchev–Trinajstić information content (AvgIpc) is 2.87. The van der Waals surface area contributed by atoms with Crippen LogP contribution in [-0.4, -0.2) is 77.0 Å². The minimum Gasteiger partial charge on any atom is -0.480 e. The third kappa shape index (κ3) is 13.1. The number of rotatable bonds is 15. The lowest BCUT2D eigenvalue weighted by molar-refractivity contribution is -0.141. The highest BCUT2D eigenvalue weighted by Crippen LogP contribution is 2.09. The van der Waals surface area contributed by atoms with Crippen LogP contribution in [0.25, 0.3) is 0 Å². The van der Waals surface area contributed by atoms with Gasteiger partial charge in [0.25, 0.3) is 0 Å². The molecule has 0 saturated heterocycles. The zero-order valence-electron chi connectivity index (χ0n) is 21.5. The molecule has 7 N–H and O–H groups in total. The molecule has 1 aromatic carbocycles. The smallest absolute Gasteiger partial charge is 0.408 e. The van der Waals surface area contributed by atoms with Crippen molar-refractivity contribution in [3.63, 3.8) is 0 Å². The first-order chi connectivity index (χ1) is 17.9. The number of nitrogens with one attached hydrogen (secondary N) is 4. The van der Waals surface area contributed by atoms with Gasteiger partial charge in [-0.1, -0.05) is 55.9 Å². The molecule has 4 amide bonds. The lowest BCUT2D eigenvalue weighted by atomic mass is 10.0. The maximum absolute atomic E-state index is 12.4. The van der Waals surface area contributed by atoms with Crippen molar-refractivity contribution >= 4 is 46.7 Å². The zero-order valence-corrected chi connectivity index (χ0v) is 22.3. The molecule has 0 aliphatic heterocycles. The molecule has 0 bridgehead atoms. The SMILES string of the molecule is CC(C)C[C@H](NC(=O)CN)C(=O)NCC(=O)N[C@@H](CSC(=O)[C@H](C)NC(=O)OCc1ccccc1)C(=O)O. The Morgan fingerprint density at radius 2 is 1.58 bits per heavy atom. The van der Waals surface area contributed by atoms with E-state index in [0.717, 1.165) is 5.56 Å². The molecule has 1 aromatic rings. The average molecular weight is 554 g/mol. The minimum absolute atomic E-state index is 0.0159. The summed E-state index contributed by atoms with van der Waals surface area (Å²) in [7, 11) is 0. The summed E-state index contributed by atoms with van der Waals surface area (Å²) in [6.45, 7) is 4.29. The van der Waals surface area contributed by atoms with Crippen LogP contribution in [0.3, 0.4) is 0 Å². The Kier molecular flexibility index (Phi) is 14.5. The largest absolute Gasteiger partial charge is 0.480 e. The van der Waals surface area contributed by atoms with E-state index in [1.54, 1.807) is 24.3 Å². The normalized spacial score (nSPS) is 13.0. The molecule has 0 heterocycles. The number of nitrogens with two attached hydrogens (primary N) is 1. The molecule has 38 heavy (non-hydrogen) atoms. The second kappa shape index (κ2) is 17.0. The number of amides is 4. The van der Waals surface area contributed by atoms with Gasteiger partial charge in [-0.05, 0) is 24.8 Å². The van der Waals surface area contributed by atoms with Crippen molar-refractivity contribution in [2.24, 2.45) is 11.7 Å². The van der Waals surface area contributed by atoms with Gasteiger partial charge in [0.2, 0.25) is 22.8 Å². The summed E-state index contributed by atoms with van der Waals surface area (Å²) in [6.07, 6.45) is -0.505.